The van der Waals surface area contributed by atoms with E-state index in [0.29, 0.717) is 49.1 Å². The molecule has 0 atom stereocenters. The molecular weight excluding hydrogens is 531 g/mol. The minimum Gasteiger partial charge on any atom is -0.494 e. The smallest absolute Gasteiger partial charge is 0.435 e. The number of hydrogen-bond acceptors (Lipinski definition) is 5. The highest BCUT2D eigenvalue weighted by atomic mass is 19.4. The number of ether oxygens (including phenoxy) is 3. The third kappa shape index (κ3) is 6.85. The van der Waals surface area contributed by atoms with Gasteiger partial charge in [0.2, 0.25) is 6.79 Å². The lowest BCUT2D eigenvalue weighted by molar-refractivity contribution is -0.141. The molecule has 0 amide bonds. The van der Waals surface area contributed by atoms with Gasteiger partial charge in [-0.1, -0.05) is 61.9 Å². The van der Waals surface area contributed by atoms with Crippen molar-refractivity contribution in [2.45, 2.75) is 59.0 Å². The normalized spacial score (nSPS) is 12.7. The van der Waals surface area contributed by atoms with E-state index in [1.165, 1.54) is 0 Å². The number of rotatable bonds is 12. The fraction of sp³-hybridized carbons (Fsp3) is 0.344. The SMILES string of the molecule is CCCCn1c(-c2ccccc2)nc(C(F)(F)F)c1CN(Cc1cccc(OCC)c1)Cc1ccc2c(c1)OCO2. The van der Waals surface area contributed by atoms with Gasteiger partial charge in [-0.25, -0.2) is 4.98 Å². The molecule has 0 fully saturated rings. The van der Waals surface area contributed by atoms with Gasteiger partial charge in [0, 0.05) is 31.7 Å². The first-order chi connectivity index (χ1) is 19.9. The molecule has 0 radical (unpaired) electrons. The number of benzene rings is 3. The first-order valence-electron chi connectivity index (χ1n) is 13.9. The van der Waals surface area contributed by atoms with E-state index in [1.54, 1.807) is 16.7 Å². The average Bonchev–Trinajstić information content (AvgIpc) is 3.57. The van der Waals surface area contributed by atoms with Crippen molar-refractivity contribution in [3.05, 3.63) is 95.3 Å². The summed E-state index contributed by atoms with van der Waals surface area (Å²) in [5.41, 5.74) is 1.82. The molecule has 1 aromatic heterocycles. The minimum absolute atomic E-state index is 0.0473. The fourth-order valence-electron chi connectivity index (χ4n) is 5.07. The molecule has 1 aliphatic rings. The van der Waals surface area contributed by atoms with Crippen molar-refractivity contribution in [1.82, 2.24) is 14.5 Å². The second-order valence-electron chi connectivity index (χ2n) is 10.0. The minimum atomic E-state index is -4.60. The molecule has 0 saturated carbocycles. The fourth-order valence-corrected chi connectivity index (χ4v) is 5.07. The number of imidazole rings is 1. The first kappa shape index (κ1) is 28.5. The van der Waals surface area contributed by atoms with Crippen LogP contribution in [0.2, 0.25) is 0 Å². The van der Waals surface area contributed by atoms with Gasteiger partial charge in [0.05, 0.1) is 12.3 Å². The predicted molar refractivity (Wildman–Crippen MR) is 151 cm³/mol. The van der Waals surface area contributed by atoms with E-state index in [0.717, 1.165) is 29.7 Å². The van der Waals surface area contributed by atoms with Gasteiger partial charge in [0.1, 0.15) is 11.6 Å². The number of nitrogens with zero attached hydrogens (tertiary/aromatic N) is 3. The molecule has 2 heterocycles. The molecule has 0 N–H and O–H groups in total. The molecular formula is C32H34F3N3O3. The summed E-state index contributed by atoms with van der Waals surface area (Å²) in [7, 11) is 0. The second-order valence-corrected chi connectivity index (χ2v) is 10.0. The van der Waals surface area contributed by atoms with Crippen LogP contribution >= 0.6 is 0 Å². The van der Waals surface area contributed by atoms with E-state index >= 15 is 0 Å². The van der Waals surface area contributed by atoms with E-state index in [4.69, 9.17) is 14.2 Å². The number of fused-ring (bicyclic) bond motifs is 1. The van der Waals surface area contributed by atoms with Crippen molar-refractivity contribution in [2.75, 3.05) is 13.4 Å². The number of halogens is 3. The van der Waals surface area contributed by atoms with Crippen LogP contribution in [0, 0.1) is 0 Å². The first-order valence-corrected chi connectivity index (χ1v) is 13.9. The van der Waals surface area contributed by atoms with Crippen molar-refractivity contribution < 1.29 is 27.4 Å². The monoisotopic (exact) mass is 565 g/mol. The molecule has 0 bridgehead atoms. The Morgan fingerprint density at radius 3 is 2.37 bits per heavy atom. The third-order valence-corrected chi connectivity index (χ3v) is 6.94. The van der Waals surface area contributed by atoms with Gasteiger partial charge in [-0.2, -0.15) is 13.2 Å². The van der Waals surface area contributed by atoms with Gasteiger partial charge in [0.15, 0.2) is 17.2 Å². The quantitative estimate of drug-likeness (QED) is 0.176. The highest BCUT2D eigenvalue weighted by molar-refractivity contribution is 5.57. The molecule has 5 rings (SSSR count). The summed E-state index contributed by atoms with van der Waals surface area (Å²) in [6, 6.07) is 22.4. The molecule has 4 aromatic rings. The van der Waals surface area contributed by atoms with Gasteiger partial charge in [-0.05, 0) is 48.7 Å². The lowest BCUT2D eigenvalue weighted by Gasteiger charge is -2.25. The summed E-state index contributed by atoms with van der Waals surface area (Å²) < 4.78 is 62.0. The van der Waals surface area contributed by atoms with Gasteiger partial charge >= 0.3 is 6.18 Å². The maximum Gasteiger partial charge on any atom is 0.435 e. The molecule has 0 unspecified atom stereocenters. The summed E-state index contributed by atoms with van der Waals surface area (Å²) in [4.78, 5) is 6.22. The molecule has 0 spiro atoms. The summed E-state index contributed by atoms with van der Waals surface area (Å²) >= 11 is 0. The van der Waals surface area contributed by atoms with E-state index in [9.17, 15) is 13.2 Å². The van der Waals surface area contributed by atoms with E-state index in [1.807, 2.05) is 79.4 Å². The lowest BCUT2D eigenvalue weighted by atomic mass is 10.1. The summed E-state index contributed by atoms with van der Waals surface area (Å²) in [6.07, 6.45) is -3.02. The Hall–Kier alpha value is -3.98. The summed E-state index contributed by atoms with van der Waals surface area (Å²) in [5.74, 6) is 2.36. The topological polar surface area (TPSA) is 48.8 Å². The molecule has 9 heteroatoms. The maximum atomic E-state index is 14.5. The van der Waals surface area contributed by atoms with Crippen LogP contribution in [-0.2, 0) is 32.4 Å². The van der Waals surface area contributed by atoms with Gasteiger partial charge in [-0.15, -0.1) is 0 Å². The third-order valence-electron chi connectivity index (χ3n) is 6.94. The second kappa shape index (κ2) is 12.7. The largest absolute Gasteiger partial charge is 0.494 e. The predicted octanol–water partition coefficient (Wildman–Crippen LogP) is 7.70. The number of alkyl halides is 3. The molecule has 216 valence electrons. The van der Waals surface area contributed by atoms with Crippen LogP contribution in [0.1, 0.15) is 49.2 Å². The van der Waals surface area contributed by atoms with E-state index in [2.05, 4.69) is 4.98 Å². The Morgan fingerprint density at radius 2 is 1.63 bits per heavy atom. The van der Waals surface area contributed by atoms with Gasteiger partial charge in [0.25, 0.3) is 0 Å². The van der Waals surface area contributed by atoms with Crippen LogP contribution < -0.4 is 14.2 Å². The van der Waals surface area contributed by atoms with Crippen LogP contribution in [-0.4, -0.2) is 27.9 Å². The molecule has 41 heavy (non-hydrogen) atoms. The summed E-state index contributed by atoms with van der Waals surface area (Å²) in [6.45, 7) is 5.92. The van der Waals surface area contributed by atoms with Crippen molar-refractivity contribution in [3.63, 3.8) is 0 Å². The van der Waals surface area contributed by atoms with Crippen molar-refractivity contribution >= 4 is 0 Å². The Labute approximate surface area is 238 Å². The molecule has 0 aliphatic carbocycles. The van der Waals surface area contributed by atoms with Crippen LogP contribution in [0.4, 0.5) is 13.2 Å². The van der Waals surface area contributed by atoms with E-state index in [-0.39, 0.29) is 19.0 Å². The maximum absolute atomic E-state index is 14.5. The zero-order chi connectivity index (χ0) is 28.8. The Kier molecular flexibility index (Phi) is 8.83. The Bertz CT molecular complexity index is 1450. The summed E-state index contributed by atoms with van der Waals surface area (Å²) in [5, 5.41) is 0. The highest BCUT2D eigenvalue weighted by Gasteiger charge is 2.39. The molecule has 1 aliphatic heterocycles. The number of hydrogen-bond donors (Lipinski definition) is 0. The van der Waals surface area contributed by atoms with Crippen LogP contribution in [0.5, 0.6) is 17.2 Å². The molecule has 0 saturated heterocycles. The van der Waals surface area contributed by atoms with Gasteiger partial charge in [-0.3, -0.25) is 4.90 Å². The average molecular weight is 566 g/mol. The highest BCUT2D eigenvalue weighted by Crippen LogP contribution is 2.37. The Morgan fingerprint density at radius 1 is 0.878 bits per heavy atom. The van der Waals surface area contributed by atoms with Gasteiger partial charge < -0.3 is 18.8 Å². The van der Waals surface area contributed by atoms with Crippen LogP contribution in [0.3, 0.4) is 0 Å². The van der Waals surface area contributed by atoms with Crippen molar-refractivity contribution in [3.8, 4) is 28.6 Å². The number of aromatic nitrogens is 2. The van der Waals surface area contributed by atoms with Crippen molar-refractivity contribution in [2.24, 2.45) is 0 Å². The standard InChI is InChI=1S/C32H34F3N3O3/c1-3-5-16-38-27(30(32(33,34)35)36-31(38)25-11-7-6-8-12-25)21-37(19-23-10-9-13-26(17-23)39-4-2)20-24-14-15-28-29(18-24)41-22-40-28/h6-15,17-18H,3-5,16,19-22H2,1-2H3. The zero-order valence-electron chi connectivity index (χ0n) is 23.3. The van der Waals surface area contributed by atoms with Crippen LogP contribution in [0.25, 0.3) is 11.4 Å². The van der Waals surface area contributed by atoms with Crippen molar-refractivity contribution in [1.29, 1.82) is 0 Å². The molecule has 3 aromatic carbocycles. The molecule has 6 nitrogen and oxygen atoms in total. The lowest BCUT2D eigenvalue weighted by Crippen LogP contribution is -2.26. The van der Waals surface area contributed by atoms with E-state index < -0.39 is 11.9 Å². The zero-order valence-corrected chi connectivity index (χ0v) is 23.3. The van der Waals surface area contributed by atoms with Crippen LogP contribution in [0.15, 0.2) is 72.8 Å². The Balaban J connectivity index is 1.56. The number of unbranched alkanes of at least 4 members (excludes halogenated alkanes) is 1.